The van der Waals surface area contributed by atoms with Crippen LogP contribution in [0.15, 0.2) is 85.6 Å². The Balaban J connectivity index is 1.63. The van der Waals surface area contributed by atoms with E-state index in [1.807, 2.05) is 51.1 Å². The van der Waals surface area contributed by atoms with Gasteiger partial charge in [0.1, 0.15) is 18.2 Å². The van der Waals surface area contributed by atoms with Crippen molar-refractivity contribution in [3.63, 3.8) is 0 Å². The lowest BCUT2D eigenvalue weighted by molar-refractivity contribution is 0.267. The second kappa shape index (κ2) is 14.6. The standard InChI is InChI=1S/C36H34Br2FN3O4/c1-6-44-30-16-22(5)28(18-27(30)21(3)4)35-41-29-11-9-8-10-26(29)36(43)42(35)40-19-24-17-31(45-7-2)34(33(38)32(24)37)46-20-23-12-14-25(39)15-13-23/h8-19,21H,6-7,20H2,1-5H3. The molecule has 1 aromatic heterocycles. The van der Waals surface area contributed by atoms with Gasteiger partial charge in [0.15, 0.2) is 17.3 Å². The van der Waals surface area contributed by atoms with Gasteiger partial charge < -0.3 is 14.2 Å². The normalized spacial score (nSPS) is 11.5. The van der Waals surface area contributed by atoms with Crippen LogP contribution in [0.5, 0.6) is 17.2 Å². The molecule has 0 saturated heterocycles. The molecule has 4 aromatic carbocycles. The number of halogens is 3. The van der Waals surface area contributed by atoms with Gasteiger partial charge in [0.2, 0.25) is 0 Å². The van der Waals surface area contributed by atoms with E-state index in [4.69, 9.17) is 24.3 Å². The van der Waals surface area contributed by atoms with Crippen LogP contribution in [0.1, 0.15) is 55.9 Å². The molecule has 0 aliphatic heterocycles. The fourth-order valence-electron chi connectivity index (χ4n) is 5.03. The van der Waals surface area contributed by atoms with Crippen LogP contribution >= 0.6 is 31.9 Å². The summed E-state index contributed by atoms with van der Waals surface area (Å²) in [5.41, 5.74) is 4.44. The molecule has 0 atom stereocenters. The van der Waals surface area contributed by atoms with Crippen molar-refractivity contribution in [2.24, 2.45) is 5.10 Å². The average Bonchev–Trinajstić information content (AvgIpc) is 3.03. The van der Waals surface area contributed by atoms with E-state index in [0.29, 0.717) is 55.9 Å². The highest BCUT2D eigenvalue weighted by Crippen LogP contribution is 2.43. The minimum absolute atomic E-state index is 0.180. The summed E-state index contributed by atoms with van der Waals surface area (Å²) in [4.78, 5) is 18.9. The maximum atomic E-state index is 14.0. The predicted molar refractivity (Wildman–Crippen MR) is 188 cm³/mol. The fourth-order valence-corrected chi connectivity index (χ4v) is 5.96. The molecule has 0 radical (unpaired) electrons. The lowest BCUT2D eigenvalue weighted by Gasteiger charge is -2.18. The number of aromatic nitrogens is 2. The molecular formula is C36H34Br2FN3O4. The third kappa shape index (κ3) is 7.03. The molecule has 0 bridgehead atoms. The smallest absolute Gasteiger partial charge is 0.282 e. The predicted octanol–water partition coefficient (Wildman–Crippen LogP) is 9.42. The Bertz CT molecular complexity index is 1970. The average molecular weight is 751 g/mol. The van der Waals surface area contributed by atoms with Crippen LogP contribution < -0.4 is 19.8 Å². The minimum Gasteiger partial charge on any atom is -0.494 e. The summed E-state index contributed by atoms with van der Waals surface area (Å²) < 4.78 is 34.0. The van der Waals surface area contributed by atoms with E-state index in [2.05, 4.69) is 45.7 Å². The Labute approximate surface area is 284 Å². The molecule has 7 nitrogen and oxygen atoms in total. The van der Waals surface area contributed by atoms with Crippen molar-refractivity contribution in [2.45, 2.75) is 47.1 Å². The summed E-state index contributed by atoms with van der Waals surface area (Å²) in [7, 11) is 0. The molecule has 10 heteroatoms. The first-order chi connectivity index (χ1) is 22.1. The number of hydrogen-bond acceptors (Lipinski definition) is 6. The molecule has 238 valence electrons. The Morgan fingerprint density at radius 1 is 0.935 bits per heavy atom. The number of aryl methyl sites for hydroxylation is 1. The van der Waals surface area contributed by atoms with Crippen LogP contribution in [0.4, 0.5) is 4.39 Å². The van der Waals surface area contributed by atoms with Crippen molar-refractivity contribution in [3.05, 3.63) is 114 Å². The zero-order valence-corrected chi connectivity index (χ0v) is 29.4. The first kappa shape index (κ1) is 33.3. The molecule has 0 aliphatic carbocycles. The highest BCUT2D eigenvalue weighted by atomic mass is 79.9. The Morgan fingerprint density at radius 3 is 2.33 bits per heavy atom. The van der Waals surface area contributed by atoms with Gasteiger partial charge >= 0.3 is 0 Å². The first-order valence-electron chi connectivity index (χ1n) is 15.0. The molecule has 5 aromatic rings. The van der Waals surface area contributed by atoms with Crippen LogP contribution in [0.2, 0.25) is 0 Å². The van der Waals surface area contributed by atoms with Crippen LogP contribution in [0.25, 0.3) is 22.3 Å². The second-order valence-electron chi connectivity index (χ2n) is 10.9. The molecule has 0 aliphatic rings. The van der Waals surface area contributed by atoms with Gasteiger partial charge in [-0.05, 0) is 118 Å². The highest BCUT2D eigenvalue weighted by molar-refractivity contribution is 9.13. The van der Waals surface area contributed by atoms with Gasteiger partial charge in [-0.2, -0.15) is 9.78 Å². The maximum absolute atomic E-state index is 14.0. The summed E-state index contributed by atoms with van der Waals surface area (Å²) >= 11 is 7.31. The van der Waals surface area contributed by atoms with Gasteiger partial charge in [0, 0.05) is 15.6 Å². The minimum atomic E-state index is -0.312. The maximum Gasteiger partial charge on any atom is 0.282 e. The van der Waals surface area contributed by atoms with E-state index in [-0.39, 0.29) is 23.9 Å². The highest BCUT2D eigenvalue weighted by Gasteiger charge is 2.20. The number of rotatable bonds is 11. The van der Waals surface area contributed by atoms with Crippen molar-refractivity contribution in [1.82, 2.24) is 9.66 Å². The third-order valence-corrected chi connectivity index (χ3v) is 9.48. The number of hydrogen-bond donors (Lipinski definition) is 0. The SMILES string of the molecule is CCOc1cc(C)c(-c2nc3ccccc3c(=O)n2N=Cc2cc(OCC)c(OCc3ccc(F)cc3)c(Br)c2Br)cc1C(C)C. The monoisotopic (exact) mass is 749 g/mol. The largest absolute Gasteiger partial charge is 0.494 e. The van der Waals surface area contributed by atoms with E-state index >= 15 is 0 Å². The van der Waals surface area contributed by atoms with Gasteiger partial charge in [0.05, 0.1) is 34.8 Å². The summed E-state index contributed by atoms with van der Waals surface area (Å²) in [5.74, 6) is 2.06. The Hall–Kier alpha value is -4.02. The number of benzene rings is 4. The van der Waals surface area contributed by atoms with Gasteiger partial charge in [0.25, 0.3) is 5.56 Å². The van der Waals surface area contributed by atoms with Crippen molar-refractivity contribution in [1.29, 1.82) is 0 Å². The van der Waals surface area contributed by atoms with Gasteiger partial charge in [-0.1, -0.05) is 38.1 Å². The molecule has 5 rings (SSSR count). The zero-order valence-electron chi connectivity index (χ0n) is 26.2. The summed E-state index contributed by atoms with van der Waals surface area (Å²) in [6.07, 6.45) is 1.59. The van der Waals surface area contributed by atoms with E-state index in [1.54, 1.807) is 30.5 Å². The van der Waals surface area contributed by atoms with Crippen molar-refractivity contribution in [2.75, 3.05) is 13.2 Å². The molecule has 0 fully saturated rings. The van der Waals surface area contributed by atoms with E-state index in [9.17, 15) is 9.18 Å². The van der Waals surface area contributed by atoms with Crippen LogP contribution in [-0.2, 0) is 6.61 Å². The van der Waals surface area contributed by atoms with E-state index in [0.717, 1.165) is 28.0 Å². The number of nitrogens with zero attached hydrogens (tertiary/aromatic N) is 3. The summed E-state index contributed by atoms with van der Waals surface area (Å²) in [6.45, 7) is 11.2. The zero-order chi connectivity index (χ0) is 33.0. The van der Waals surface area contributed by atoms with Crippen molar-refractivity contribution >= 4 is 49.0 Å². The summed E-state index contributed by atoms with van der Waals surface area (Å²) in [6, 6.07) is 19.2. The molecule has 0 unspecified atom stereocenters. The quantitative estimate of drug-likeness (QED) is 0.126. The van der Waals surface area contributed by atoms with Crippen molar-refractivity contribution in [3.8, 4) is 28.6 Å². The molecule has 0 saturated carbocycles. The Kier molecular flexibility index (Phi) is 10.6. The second-order valence-corrected chi connectivity index (χ2v) is 12.5. The van der Waals surface area contributed by atoms with Gasteiger partial charge in [-0.3, -0.25) is 4.79 Å². The number of para-hydroxylation sites is 1. The fraction of sp³-hybridized carbons (Fsp3) is 0.250. The van der Waals surface area contributed by atoms with Crippen molar-refractivity contribution < 1.29 is 18.6 Å². The lowest BCUT2D eigenvalue weighted by atomic mass is 9.96. The van der Waals surface area contributed by atoms with Gasteiger partial charge in [-0.15, -0.1) is 0 Å². The van der Waals surface area contributed by atoms with Crippen LogP contribution in [-0.4, -0.2) is 29.1 Å². The van der Waals surface area contributed by atoms with Crippen LogP contribution in [0, 0.1) is 12.7 Å². The molecule has 0 amide bonds. The molecule has 1 heterocycles. The number of ether oxygens (including phenoxy) is 3. The molecular weight excluding hydrogens is 717 g/mol. The molecule has 0 N–H and O–H groups in total. The molecule has 0 spiro atoms. The Morgan fingerprint density at radius 2 is 1.63 bits per heavy atom. The first-order valence-corrected chi connectivity index (χ1v) is 16.6. The number of fused-ring (bicyclic) bond motifs is 1. The lowest BCUT2D eigenvalue weighted by Crippen LogP contribution is -2.21. The van der Waals surface area contributed by atoms with Crippen LogP contribution in [0.3, 0.4) is 0 Å². The topological polar surface area (TPSA) is 74.9 Å². The summed E-state index contributed by atoms with van der Waals surface area (Å²) in [5, 5.41) is 5.17. The third-order valence-electron chi connectivity index (χ3n) is 7.34. The van der Waals surface area contributed by atoms with Gasteiger partial charge in [-0.25, -0.2) is 9.37 Å². The molecule has 46 heavy (non-hydrogen) atoms. The van der Waals surface area contributed by atoms with E-state index < -0.39 is 0 Å². The van der Waals surface area contributed by atoms with E-state index in [1.165, 1.54) is 16.8 Å².